The van der Waals surface area contributed by atoms with E-state index in [9.17, 15) is 18.3 Å². The minimum absolute atomic E-state index is 0.0466. The van der Waals surface area contributed by atoms with Crippen LogP contribution in [0.25, 0.3) is 0 Å². The maximum Gasteiger partial charge on any atom is 0.212 e. The predicted octanol–water partition coefficient (Wildman–Crippen LogP) is 3.47. The van der Waals surface area contributed by atoms with Crippen molar-refractivity contribution in [1.82, 2.24) is 4.98 Å². The summed E-state index contributed by atoms with van der Waals surface area (Å²) >= 11 is 1.02. The van der Waals surface area contributed by atoms with Crippen molar-refractivity contribution in [3.8, 4) is 0 Å². The van der Waals surface area contributed by atoms with Crippen LogP contribution in [-0.4, -0.2) is 30.0 Å². The monoisotopic (exact) mass is 445 g/mol. The van der Waals surface area contributed by atoms with Crippen molar-refractivity contribution in [2.24, 2.45) is 0 Å². The number of sulfone groups is 1. The average Bonchev–Trinajstić information content (AvgIpc) is 3.47. The van der Waals surface area contributed by atoms with Crippen LogP contribution in [0.4, 0.5) is 0 Å². The quantitative estimate of drug-likeness (QED) is 0.736. The zero-order valence-electron chi connectivity index (χ0n) is 17.1. The van der Waals surface area contributed by atoms with Crippen LogP contribution in [0.5, 0.6) is 0 Å². The summed E-state index contributed by atoms with van der Waals surface area (Å²) in [7, 11) is -3.80. The summed E-state index contributed by atoms with van der Waals surface area (Å²) in [6.45, 7) is 0. The Bertz CT molecular complexity index is 1080. The van der Waals surface area contributed by atoms with Crippen molar-refractivity contribution < 1.29 is 18.3 Å². The topological polar surface area (TPSA) is 84.3 Å². The second-order valence-corrected chi connectivity index (χ2v) is 12.2. The number of thiazole rings is 1. The van der Waals surface area contributed by atoms with Crippen LogP contribution in [-0.2, 0) is 52.3 Å². The summed E-state index contributed by atoms with van der Waals surface area (Å²) in [4.78, 5) is 17.5. The number of hydrogen-bond donors (Lipinski definition) is 1. The fourth-order valence-corrected chi connectivity index (χ4v) is 8.10. The van der Waals surface area contributed by atoms with Gasteiger partial charge in [0.2, 0.25) is 14.2 Å². The lowest BCUT2D eigenvalue weighted by Gasteiger charge is -2.19. The molecule has 0 saturated heterocycles. The number of aromatic nitrogens is 1. The molecule has 7 heteroatoms. The molecule has 0 spiro atoms. The van der Waals surface area contributed by atoms with Gasteiger partial charge in [-0.3, -0.25) is 4.79 Å². The molecule has 3 aliphatic rings. The van der Waals surface area contributed by atoms with E-state index in [1.54, 1.807) is 0 Å². The zero-order valence-corrected chi connectivity index (χ0v) is 18.7. The molecule has 0 bridgehead atoms. The number of aryl methyl sites for hydroxylation is 2. The Kier molecular flexibility index (Phi) is 5.11. The van der Waals surface area contributed by atoms with Gasteiger partial charge in [0.25, 0.3) is 0 Å². The van der Waals surface area contributed by atoms with Crippen molar-refractivity contribution in [2.75, 3.05) is 5.75 Å². The number of ketones is 1. The SMILES string of the molecule is O=C(Cc1c2c(cc3c1CCC3)CCC2)CS(=O)(=O)c1ncc(C2(O)CCCC2)s1. The minimum Gasteiger partial charge on any atom is -0.384 e. The Labute approximate surface area is 181 Å². The van der Waals surface area contributed by atoms with Gasteiger partial charge in [0.1, 0.15) is 11.4 Å². The van der Waals surface area contributed by atoms with Gasteiger partial charge in [-0.05, 0) is 79.2 Å². The normalized spacial score (nSPS) is 19.8. The Balaban J connectivity index is 1.36. The first kappa shape index (κ1) is 20.3. The van der Waals surface area contributed by atoms with E-state index in [1.165, 1.54) is 28.5 Å². The molecule has 0 aliphatic heterocycles. The van der Waals surface area contributed by atoms with E-state index in [0.717, 1.165) is 68.3 Å². The van der Waals surface area contributed by atoms with E-state index < -0.39 is 21.2 Å². The second kappa shape index (κ2) is 7.53. The largest absolute Gasteiger partial charge is 0.384 e. The number of aliphatic hydroxyl groups is 1. The van der Waals surface area contributed by atoms with Crippen LogP contribution in [0, 0.1) is 0 Å². The number of fused-ring (bicyclic) bond motifs is 2. The Morgan fingerprint density at radius 3 is 2.30 bits per heavy atom. The van der Waals surface area contributed by atoms with Gasteiger partial charge in [0, 0.05) is 12.6 Å². The summed E-state index contributed by atoms with van der Waals surface area (Å²) < 4.78 is 25.7. The summed E-state index contributed by atoms with van der Waals surface area (Å²) in [5, 5.41) is 10.7. The lowest BCUT2D eigenvalue weighted by Crippen LogP contribution is -2.20. The number of rotatable bonds is 6. The average molecular weight is 446 g/mol. The Morgan fingerprint density at radius 2 is 1.67 bits per heavy atom. The van der Waals surface area contributed by atoms with Crippen LogP contribution in [0.1, 0.15) is 71.2 Å². The molecule has 1 N–H and O–H groups in total. The fourth-order valence-electron chi connectivity index (χ4n) is 5.49. The smallest absolute Gasteiger partial charge is 0.212 e. The van der Waals surface area contributed by atoms with Crippen LogP contribution in [0.15, 0.2) is 16.6 Å². The molecule has 0 radical (unpaired) electrons. The van der Waals surface area contributed by atoms with E-state index in [2.05, 4.69) is 11.1 Å². The first-order valence-corrected chi connectivity index (χ1v) is 13.4. The number of Topliss-reactive ketones (excluding diaryl/α,β-unsaturated/α-hetero) is 1. The van der Waals surface area contributed by atoms with Crippen molar-refractivity contribution in [3.05, 3.63) is 45.0 Å². The van der Waals surface area contributed by atoms with Gasteiger partial charge in [-0.25, -0.2) is 13.4 Å². The molecule has 2 aromatic rings. The molecule has 1 saturated carbocycles. The molecule has 3 aliphatic carbocycles. The summed E-state index contributed by atoms with van der Waals surface area (Å²) in [5.41, 5.74) is 5.45. The maximum atomic E-state index is 12.9. The van der Waals surface area contributed by atoms with E-state index in [-0.39, 0.29) is 16.5 Å². The number of nitrogens with zero attached hydrogens (tertiary/aromatic N) is 1. The van der Waals surface area contributed by atoms with Gasteiger partial charge in [-0.2, -0.15) is 0 Å². The summed E-state index contributed by atoms with van der Waals surface area (Å²) in [6.07, 6.45) is 11.2. The van der Waals surface area contributed by atoms with Crippen LogP contribution in [0.3, 0.4) is 0 Å². The van der Waals surface area contributed by atoms with Crippen molar-refractivity contribution in [3.63, 3.8) is 0 Å². The van der Waals surface area contributed by atoms with Crippen LogP contribution < -0.4 is 0 Å². The molecule has 1 aromatic carbocycles. The minimum atomic E-state index is -3.80. The van der Waals surface area contributed by atoms with E-state index in [0.29, 0.717) is 17.7 Å². The highest BCUT2D eigenvalue weighted by Gasteiger charge is 2.36. The highest BCUT2D eigenvalue weighted by molar-refractivity contribution is 7.94. The molecule has 30 heavy (non-hydrogen) atoms. The van der Waals surface area contributed by atoms with Crippen molar-refractivity contribution in [2.45, 2.75) is 80.6 Å². The van der Waals surface area contributed by atoms with Gasteiger partial charge in [-0.15, -0.1) is 11.3 Å². The molecule has 0 atom stereocenters. The summed E-state index contributed by atoms with van der Waals surface area (Å²) in [5.74, 6) is -0.780. The standard InChI is InChI=1S/C23H27NO4S2/c25-17(12-20-18-7-3-5-15(18)11-16-6-4-8-19(16)20)14-30(27,28)22-24-13-21(29-22)23(26)9-1-2-10-23/h11,13,26H,1-10,12,14H2. The van der Waals surface area contributed by atoms with Crippen LogP contribution in [0.2, 0.25) is 0 Å². The number of hydrogen-bond acceptors (Lipinski definition) is 6. The molecular weight excluding hydrogens is 418 g/mol. The fraction of sp³-hybridized carbons (Fsp3) is 0.565. The van der Waals surface area contributed by atoms with Gasteiger partial charge in [-0.1, -0.05) is 18.9 Å². The number of carbonyl (C=O) groups excluding carboxylic acids is 1. The number of benzene rings is 1. The Morgan fingerprint density at radius 1 is 1.03 bits per heavy atom. The van der Waals surface area contributed by atoms with E-state index >= 15 is 0 Å². The van der Waals surface area contributed by atoms with Gasteiger partial charge < -0.3 is 5.11 Å². The van der Waals surface area contributed by atoms with Crippen molar-refractivity contribution in [1.29, 1.82) is 0 Å². The third-order valence-electron chi connectivity index (χ3n) is 6.96. The van der Waals surface area contributed by atoms with E-state index in [1.807, 2.05) is 0 Å². The van der Waals surface area contributed by atoms with Gasteiger partial charge >= 0.3 is 0 Å². The summed E-state index contributed by atoms with van der Waals surface area (Å²) in [6, 6.07) is 2.32. The molecule has 5 nitrogen and oxygen atoms in total. The molecule has 1 fully saturated rings. The molecule has 160 valence electrons. The zero-order chi connectivity index (χ0) is 20.9. The highest BCUT2D eigenvalue weighted by Crippen LogP contribution is 2.41. The first-order chi connectivity index (χ1) is 14.4. The molecule has 0 amide bonds. The third kappa shape index (κ3) is 3.55. The highest BCUT2D eigenvalue weighted by atomic mass is 32.2. The van der Waals surface area contributed by atoms with Crippen LogP contribution >= 0.6 is 11.3 Å². The third-order valence-corrected chi connectivity index (χ3v) is 10.3. The number of carbonyl (C=O) groups is 1. The van der Waals surface area contributed by atoms with Gasteiger partial charge in [0.05, 0.1) is 4.88 Å². The van der Waals surface area contributed by atoms with Gasteiger partial charge in [0.15, 0.2) is 5.78 Å². The predicted molar refractivity (Wildman–Crippen MR) is 116 cm³/mol. The second-order valence-electron chi connectivity index (χ2n) is 9.04. The molecule has 0 unspecified atom stereocenters. The first-order valence-electron chi connectivity index (χ1n) is 10.9. The van der Waals surface area contributed by atoms with Crippen molar-refractivity contribution >= 4 is 27.0 Å². The molecular formula is C23H27NO4S2. The molecule has 5 rings (SSSR count). The lowest BCUT2D eigenvalue weighted by atomic mass is 9.91. The maximum absolute atomic E-state index is 12.9. The Hall–Kier alpha value is -1.57. The molecule has 1 heterocycles. The molecule has 1 aromatic heterocycles. The lowest BCUT2D eigenvalue weighted by molar-refractivity contribution is -0.116. The van der Waals surface area contributed by atoms with E-state index in [4.69, 9.17) is 0 Å².